The van der Waals surface area contributed by atoms with Crippen LogP contribution in [0.2, 0.25) is 5.02 Å². The van der Waals surface area contributed by atoms with E-state index in [9.17, 15) is 4.79 Å². The van der Waals surface area contributed by atoms with Crippen molar-refractivity contribution in [2.75, 3.05) is 25.4 Å². The summed E-state index contributed by atoms with van der Waals surface area (Å²) < 4.78 is 1.98. The quantitative estimate of drug-likeness (QED) is 0.885. The zero-order valence-electron chi connectivity index (χ0n) is 13.6. The molecule has 1 saturated heterocycles. The van der Waals surface area contributed by atoms with Crippen LogP contribution < -0.4 is 5.32 Å². The van der Waals surface area contributed by atoms with E-state index in [-0.39, 0.29) is 11.9 Å². The third kappa shape index (κ3) is 4.12. The van der Waals surface area contributed by atoms with Gasteiger partial charge < -0.3 is 14.8 Å². The van der Waals surface area contributed by atoms with Crippen LogP contribution in [0.4, 0.5) is 0 Å². The van der Waals surface area contributed by atoms with Crippen molar-refractivity contribution in [2.45, 2.75) is 11.8 Å². The lowest BCUT2D eigenvalue weighted by molar-refractivity contribution is -0.131. The zero-order chi connectivity index (χ0) is 16.9. The maximum Gasteiger partial charge on any atom is 0.233 e. The molecule has 7 heteroatoms. The number of amides is 1. The molecule has 1 fully saturated rings. The molecule has 1 aliphatic rings. The van der Waals surface area contributed by atoms with Crippen LogP contribution in [0.5, 0.6) is 0 Å². The molecule has 1 atom stereocenters. The van der Waals surface area contributed by atoms with Gasteiger partial charge in [-0.25, -0.2) is 4.98 Å². The summed E-state index contributed by atoms with van der Waals surface area (Å²) in [5.41, 5.74) is 1.14. The van der Waals surface area contributed by atoms with Gasteiger partial charge in [0.05, 0.1) is 5.75 Å². The average Bonchev–Trinajstić information content (AvgIpc) is 3.01. The van der Waals surface area contributed by atoms with Crippen molar-refractivity contribution < 1.29 is 4.79 Å². The van der Waals surface area contributed by atoms with E-state index in [0.29, 0.717) is 12.3 Å². The zero-order valence-corrected chi connectivity index (χ0v) is 15.2. The Morgan fingerprint density at radius 2 is 2.38 bits per heavy atom. The molecule has 2 heterocycles. The summed E-state index contributed by atoms with van der Waals surface area (Å²) in [6.07, 6.45) is 3.70. The van der Waals surface area contributed by atoms with Crippen LogP contribution in [0.25, 0.3) is 0 Å². The highest BCUT2D eigenvalue weighted by atomic mass is 35.5. The van der Waals surface area contributed by atoms with Crippen molar-refractivity contribution in [3.05, 3.63) is 53.1 Å². The molecule has 1 aliphatic heterocycles. The van der Waals surface area contributed by atoms with Gasteiger partial charge in [-0.15, -0.1) is 11.8 Å². The molecule has 1 aromatic heterocycles. The Morgan fingerprint density at radius 1 is 1.50 bits per heavy atom. The molecule has 0 aliphatic carbocycles. The number of benzene rings is 1. The fourth-order valence-electron chi connectivity index (χ4n) is 2.90. The molecule has 3 rings (SSSR count). The van der Waals surface area contributed by atoms with E-state index in [1.54, 1.807) is 18.0 Å². The van der Waals surface area contributed by atoms with E-state index in [4.69, 9.17) is 11.6 Å². The highest BCUT2D eigenvalue weighted by Crippen LogP contribution is 2.23. The summed E-state index contributed by atoms with van der Waals surface area (Å²) in [4.78, 5) is 19.1. The summed E-state index contributed by atoms with van der Waals surface area (Å²) in [6, 6.07) is 7.77. The molecule has 1 unspecified atom stereocenters. The molecule has 5 nitrogen and oxygen atoms in total. The predicted molar refractivity (Wildman–Crippen MR) is 98.1 cm³/mol. The van der Waals surface area contributed by atoms with Crippen molar-refractivity contribution in [2.24, 2.45) is 7.05 Å². The molecule has 0 spiro atoms. The Balaban J connectivity index is 1.59. The van der Waals surface area contributed by atoms with Gasteiger partial charge in [-0.2, -0.15) is 0 Å². The summed E-state index contributed by atoms with van der Waals surface area (Å²) >= 11 is 7.62. The predicted octanol–water partition coefficient (Wildman–Crippen LogP) is 2.48. The lowest BCUT2D eigenvalue weighted by Crippen LogP contribution is -2.50. The van der Waals surface area contributed by atoms with Crippen LogP contribution in [0.15, 0.2) is 36.7 Å². The Kier molecular flexibility index (Phi) is 5.81. The molecule has 128 valence electrons. The third-order valence-electron chi connectivity index (χ3n) is 4.10. The number of nitrogens with one attached hydrogen (secondary N) is 1. The summed E-state index contributed by atoms with van der Waals surface area (Å²) in [7, 11) is 1.97. The van der Waals surface area contributed by atoms with Crippen molar-refractivity contribution in [3.63, 3.8) is 0 Å². The van der Waals surface area contributed by atoms with Gasteiger partial charge >= 0.3 is 0 Å². The first kappa shape index (κ1) is 17.3. The number of thioether (sulfide) groups is 1. The fraction of sp³-hybridized carbons (Fsp3) is 0.412. The Hall–Kier alpha value is -1.50. The van der Waals surface area contributed by atoms with Gasteiger partial charge in [-0.1, -0.05) is 23.7 Å². The minimum Gasteiger partial charge on any atom is -0.336 e. The molecule has 1 amide bonds. The number of rotatable bonds is 5. The molecular formula is C17H21ClN4OS. The normalized spacial score (nSPS) is 17.9. The maximum atomic E-state index is 12.7. The standard InChI is InChI=1S/C17H21ClN4OS/c1-21-7-6-20-17(21)15-10-19-5-8-22(15)16(23)12-24-11-13-3-2-4-14(18)9-13/h2-4,6-7,9,15,19H,5,8,10-12H2,1H3. The summed E-state index contributed by atoms with van der Waals surface area (Å²) in [5.74, 6) is 2.34. The number of hydrogen-bond donors (Lipinski definition) is 1. The van der Waals surface area contributed by atoms with Gasteiger partial charge in [-0.05, 0) is 17.7 Å². The minimum atomic E-state index is -0.00183. The van der Waals surface area contributed by atoms with Crippen LogP contribution >= 0.6 is 23.4 Å². The molecule has 1 aromatic carbocycles. The molecule has 0 radical (unpaired) electrons. The van der Waals surface area contributed by atoms with Gasteiger partial charge in [0, 0.05) is 49.9 Å². The van der Waals surface area contributed by atoms with Gasteiger partial charge in [0.25, 0.3) is 0 Å². The summed E-state index contributed by atoms with van der Waals surface area (Å²) in [5, 5.41) is 4.09. The number of carbonyl (C=O) groups is 1. The van der Waals surface area contributed by atoms with E-state index >= 15 is 0 Å². The highest BCUT2D eigenvalue weighted by Gasteiger charge is 2.30. The van der Waals surface area contributed by atoms with Crippen LogP contribution in [0.1, 0.15) is 17.4 Å². The van der Waals surface area contributed by atoms with Gasteiger partial charge in [-0.3, -0.25) is 4.79 Å². The minimum absolute atomic E-state index is 0.00183. The van der Waals surface area contributed by atoms with Crippen LogP contribution in [0, 0.1) is 0 Å². The molecule has 0 bridgehead atoms. The highest BCUT2D eigenvalue weighted by molar-refractivity contribution is 7.99. The van der Waals surface area contributed by atoms with Gasteiger partial charge in [0.15, 0.2) is 0 Å². The smallest absolute Gasteiger partial charge is 0.233 e. The first-order valence-electron chi connectivity index (χ1n) is 7.95. The first-order valence-corrected chi connectivity index (χ1v) is 9.48. The number of carbonyl (C=O) groups excluding carboxylic acids is 1. The lowest BCUT2D eigenvalue weighted by Gasteiger charge is -2.35. The van der Waals surface area contributed by atoms with E-state index in [1.165, 1.54) is 0 Å². The second-order valence-corrected chi connectivity index (χ2v) is 7.25. The molecule has 2 aromatic rings. The van der Waals surface area contributed by atoms with Gasteiger partial charge in [0.2, 0.25) is 5.91 Å². The van der Waals surface area contributed by atoms with Gasteiger partial charge in [0.1, 0.15) is 11.9 Å². The third-order valence-corrected chi connectivity index (χ3v) is 5.33. The van der Waals surface area contributed by atoms with Crippen molar-refractivity contribution in [1.29, 1.82) is 0 Å². The molecule has 1 N–H and O–H groups in total. The number of halogens is 1. The monoisotopic (exact) mass is 364 g/mol. The second-order valence-electron chi connectivity index (χ2n) is 5.83. The lowest BCUT2D eigenvalue weighted by atomic mass is 10.1. The number of piperazine rings is 1. The Bertz CT molecular complexity index is 705. The molecule has 0 saturated carbocycles. The Labute approximate surface area is 151 Å². The van der Waals surface area contributed by atoms with Crippen molar-refractivity contribution >= 4 is 29.3 Å². The number of aryl methyl sites for hydroxylation is 1. The average molecular weight is 365 g/mol. The van der Waals surface area contributed by atoms with E-state index in [2.05, 4.69) is 10.3 Å². The number of hydrogen-bond acceptors (Lipinski definition) is 4. The Morgan fingerprint density at radius 3 is 3.12 bits per heavy atom. The molecule has 24 heavy (non-hydrogen) atoms. The fourth-order valence-corrected chi connectivity index (χ4v) is 3.97. The van der Waals surface area contributed by atoms with Crippen LogP contribution in [-0.4, -0.2) is 45.7 Å². The largest absolute Gasteiger partial charge is 0.336 e. The summed E-state index contributed by atoms with van der Waals surface area (Å²) in [6.45, 7) is 2.29. The molecular weight excluding hydrogens is 344 g/mol. The first-order chi connectivity index (χ1) is 11.6. The number of nitrogens with zero attached hydrogens (tertiary/aromatic N) is 3. The maximum absolute atomic E-state index is 12.7. The van der Waals surface area contributed by atoms with E-state index < -0.39 is 0 Å². The SMILES string of the molecule is Cn1ccnc1C1CNCCN1C(=O)CSCc1cccc(Cl)c1. The van der Waals surface area contributed by atoms with E-state index in [1.807, 2.05) is 47.0 Å². The van der Waals surface area contributed by atoms with Crippen LogP contribution in [-0.2, 0) is 17.6 Å². The number of aromatic nitrogens is 2. The van der Waals surface area contributed by atoms with E-state index in [0.717, 1.165) is 35.3 Å². The van der Waals surface area contributed by atoms with Crippen molar-refractivity contribution in [3.8, 4) is 0 Å². The van der Waals surface area contributed by atoms with Crippen molar-refractivity contribution in [1.82, 2.24) is 19.8 Å². The van der Waals surface area contributed by atoms with Crippen LogP contribution in [0.3, 0.4) is 0 Å². The number of imidazole rings is 1. The second kappa shape index (κ2) is 8.05. The topological polar surface area (TPSA) is 50.2 Å².